The topological polar surface area (TPSA) is 51.2 Å². The van der Waals surface area contributed by atoms with Crippen LogP contribution in [0.5, 0.6) is 11.6 Å². The van der Waals surface area contributed by atoms with E-state index >= 15 is 0 Å². The minimum Gasteiger partial charge on any atom is -0.439 e. The van der Waals surface area contributed by atoms with Crippen molar-refractivity contribution in [2.45, 2.75) is 42.4 Å². The van der Waals surface area contributed by atoms with Gasteiger partial charge in [0.1, 0.15) is 16.5 Å². The number of thiophene rings is 1. The van der Waals surface area contributed by atoms with Crippen LogP contribution in [0.15, 0.2) is 101 Å². The van der Waals surface area contributed by atoms with Gasteiger partial charge in [-0.3, -0.25) is 4.79 Å². The number of aromatic nitrogens is 1. The summed E-state index contributed by atoms with van der Waals surface area (Å²) in [6.45, 7) is 8.56. The second-order valence-electron chi connectivity index (χ2n) is 8.97. The Balaban J connectivity index is 1.46. The van der Waals surface area contributed by atoms with Crippen molar-refractivity contribution < 1.29 is 9.53 Å². The van der Waals surface area contributed by atoms with E-state index in [1.54, 1.807) is 23.1 Å². The first-order valence-corrected chi connectivity index (χ1v) is 13.8. The smallest absolute Gasteiger partial charge is 0.238 e. The van der Waals surface area contributed by atoms with Gasteiger partial charge in [0, 0.05) is 17.4 Å². The summed E-state index contributed by atoms with van der Waals surface area (Å²) in [6.07, 6.45) is 1.53. The molecule has 4 nitrogen and oxygen atoms in total. The number of pyridine rings is 1. The molecule has 0 aliphatic carbocycles. The van der Waals surface area contributed by atoms with Crippen LogP contribution in [0.4, 0.5) is 0 Å². The van der Waals surface area contributed by atoms with Crippen molar-refractivity contribution >= 4 is 29.0 Å². The molecule has 2 atom stereocenters. The van der Waals surface area contributed by atoms with Crippen LogP contribution in [-0.2, 0) is 16.8 Å². The summed E-state index contributed by atoms with van der Waals surface area (Å²) in [6, 6.07) is 23.9. The Morgan fingerprint density at radius 3 is 2.61 bits per heavy atom. The molecular formula is C30H28N2O2S2. The van der Waals surface area contributed by atoms with Gasteiger partial charge in [-0.1, -0.05) is 55.5 Å². The van der Waals surface area contributed by atoms with E-state index in [1.807, 2.05) is 53.9 Å². The molecule has 0 radical (unpaired) electrons. The zero-order chi connectivity index (χ0) is 25.1. The predicted molar refractivity (Wildman–Crippen MR) is 148 cm³/mol. The van der Waals surface area contributed by atoms with E-state index in [0.717, 1.165) is 39.5 Å². The fourth-order valence-electron chi connectivity index (χ4n) is 4.50. The Hall–Kier alpha value is -3.35. The zero-order valence-electron chi connectivity index (χ0n) is 20.4. The molecule has 1 saturated heterocycles. The second-order valence-corrected chi connectivity index (χ2v) is 10.9. The van der Waals surface area contributed by atoms with Crippen LogP contribution in [0.3, 0.4) is 0 Å². The van der Waals surface area contributed by atoms with Gasteiger partial charge in [-0.05, 0) is 71.1 Å². The van der Waals surface area contributed by atoms with Crippen molar-refractivity contribution in [1.29, 1.82) is 0 Å². The molecule has 2 aromatic heterocycles. The fraction of sp³-hybridized carbons (Fsp3) is 0.200. The molecule has 3 heterocycles. The van der Waals surface area contributed by atoms with Gasteiger partial charge >= 0.3 is 0 Å². The van der Waals surface area contributed by atoms with Crippen molar-refractivity contribution in [2.24, 2.45) is 0 Å². The van der Waals surface area contributed by atoms with Gasteiger partial charge in [-0.15, -0.1) is 11.8 Å². The Labute approximate surface area is 220 Å². The van der Waals surface area contributed by atoms with Gasteiger partial charge in [-0.2, -0.15) is 11.3 Å². The van der Waals surface area contributed by atoms with Crippen LogP contribution in [0.2, 0.25) is 0 Å². The third-order valence-electron chi connectivity index (χ3n) is 6.50. The van der Waals surface area contributed by atoms with Gasteiger partial charge in [-0.25, -0.2) is 4.98 Å². The van der Waals surface area contributed by atoms with Crippen molar-refractivity contribution in [3.05, 3.63) is 118 Å². The molecule has 0 spiro atoms. The van der Waals surface area contributed by atoms with Crippen LogP contribution in [-0.4, -0.2) is 16.1 Å². The molecule has 2 unspecified atom stereocenters. The van der Waals surface area contributed by atoms with Crippen LogP contribution >= 0.6 is 23.1 Å². The highest BCUT2D eigenvalue weighted by molar-refractivity contribution is 8.00. The number of amides is 1. The lowest BCUT2D eigenvalue weighted by atomic mass is 9.78. The molecule has 36 heavy (non-hydrogen) atoms. The number of hydrogen-bond donors (Lipinski definition) is 1. The lowest BCUT2D eigenvalue weighted by Crippen LogP contribution is -2.55. The first-order chi connectivity index (χ1) is 17.5. The average Bonchev–Trinajstić information content (AvgIpc) is 3.44. The van der Waals surface area contributed by atoms with Crippen molar-refractivity contribution in [3.8, 4) is 11.6 Å². The predicted octanol–water partition coefficient (Wildman–Crippen LogP) is 7.29. The van der Waals surface area contributed by atoms with Crippen LogP contribution in [0, 0.1) is 6.92 Å². The van der Waals surface area contributed by atoms with E-state index in [0.29, 0.717) is 12.3 Å². The summed E-state index contributed by atoms with van der Waals surface area (Å²) in [4.78, 5) is 19.6. The highest BCUT2D eigenvalue weighted by Crippen LogP contribution is 2.44. The molecule has 1 aliphatic rings. The molecule has 0 saturated carbocycles. The van der Waals surface area contributed by atoms with Crippen LogP contribution in [0.25, 0.3) is 0 Å². The summed E-state index contributed by atoms with van der Waals surface area (Å²) >= 11 is 3.15. The molecule has 4 aromatic rings. The molecule has 5 rings (SSSR count). The van der Waals surface area contributed by atoms with Crippen molar-refractivity contribution in [3.63, 3.8) is 0 Å². The molecule has 182 valence electrons. The fourth-order valence-corrected chi connectivity index (χ4v) is 6.31. The SMILES string of the molecule is C=C1CC(c2ccsc2)(c2cccc(Oc3ccc(CC)cc3)n2)NC(=O)C1Sc1ccccc1C. The van der Waals surface area contributed by atoms with E-state index in [4.69, 9.17) is 9.72 Å². The number of hydrogen-bond acceptors (Lipinski definition) is 5. The number of carbonyl (C=O) groups excluding carboxylic acids is 1. The number of ether oxygens (including phenoxy) is 1. The minimum atomic E-state index is -0.803. The molecule has 1 fully saturated rings. The Kier molecular flexibility index (Phi) is 6.99. The minimum absolute atomic E-state index is 0.0611. The molecule has 1 aliphatic heterocycles. The molecular weight excluding hydrogens is 484 g/mol. The molecule has 2 aromatic carbocycles. The second kappa shape index (κ2) is 10.3. The van der Waals surface area contributed by atoms with Gasteiger partial charge in [0.15, 0.2) is 0 Å². The maximum atomic E-state index is 13.6. The number of rotatable bonds is 7. The zero-order valence-corrected chi connectivity index (χ0v) is 22.0. The van der Waals surface area contributed by atoms with Crippen LogP contribution in [0.1, 0.15) is 35.7 Å². The van der Waals surface area contributed by atoms with Crippen LogP contribution < -0.4 is 10.1 Å². The first-order valence-electron chi connectivity index (χ1n) is 12.0. The van der Waals surface area contributed by atoms with E-state index in [2.05, 4.69) is 55.4 Å². The first kappa shape index (κ1) is 24.3. The van der Waals surface area contributed by atoms with Crippen molar-refractivity contribution in [1.82, 2.24) is 10.3 Å². The van der Waals surface area contributed by atoms with Gasteiger partial charge in [0.05, 0.1) is 5.69 Å². The molecule has 1 N–H and O–H groups in total. The Morgan fingerprint density at radius 2 is 1.92 bits per heavy atom. The standard InChI is InChI=1S/C30H28N2O2S2/c1-4-22-12-14-24(15-13-22)34-27-11-7-10-26(31-27)30(23-16-17-35-19-23)18-21(3)28(29(33)32-30)36-25-9-6-5-8-20(25)2/h5-17,19,28H,3-4,18H2,1-2H3,(H,32,33). The summed E-state index contributed by atoms with van der Waals surface area (Å²) in [7, 11) is 0. The van der Waals surface area contributed by atoms with Crippen molar-refractivity contribution in [2.75, 3.05) is 0 Å². The van der Waals surface area contributed by atoms with E-state index in [9.17, 15) is 4.79 Å². The number of thioether (sulfide) groups is 1. The summed E-state index contributed by atoms with van der Waals surface area (Å²) in [5, 5.41) is 7.07. The van der Waals surface area contributed by atoms with E-state index in [-0.39, 0.29) is 11.2 Å². The number of benzene rings is 2. The summed E-state index contributed by atoms with van der Waals surface area (Å²) in [5.41, 5.74) is 4.21. The van der Waals surface area contributed by atoms with Gasteiger partial charge < -0.3 is 10.1 Å². The average molecular weight is 513 g/mol. The number of nitrogens with one attached hydrogen (secondary N) is 1. The summed E-state index contributed by atoms with van der Waals surface area (Å²) < 4.78 is 6.09. The number of nitrogens with zero attached hydrogens (tertiary/aromatic N) is 1. The third-order valence-corrected chi connectivity index (χ3v) is 8.68. The monoisotopic (exact) mass is 512 g/mol. The summed E-state index contributed by atoms with van der Waals surface area (Å²) in [5.74, 6) is 1.16. The maximum Gasteiger partial charge on any atom is 0.238 e. The quantitative estimate of drug-likeness (QED) is 0.264. The lowest BCUT2D eigenvalue weighted by molar-refractivity contribution is -0.122. The molecule has 6 heteroatoms. The largest absolute Gasteiger partial charge is 0.439 e. The number of carbonyl (C=O) groups is 1. The normalized spacial score (nSPS) is 19.7. The van der Waals surface area contributed by atoms with E-state index < -0.39 is 5.54 Å². The highest BCUT2D eigenvalue weighted by Gasteiger charge is 2.46. The Bertz CT molecular complexity index is 1360. The highest BCUT2D eigenvalue weighted by atomic mass is 32.2. The maximum absolute atomic E-state index is 13.6. The Morgan fingerprint density at radius 1 is 1.11 bits per heavy atom. The number of aryl methyl sites for hydroxylation is 2. The molecule has 0 bridgehead atoms. The molecule has 1 amide bonds. The van der Waals surface area contributed by atoms with Gasteiger partial charge in [0.2, 0.25) is 11.8 Å². The number of piperidine rings is 1. The third kappa shape index (κ3) is 4.84. The lowest BCUT2D eigenvalue weighted by Gasteiger charge is -2.41. The van der Waals surface area contributed by atoms with E-state index in [1.165, 1.54) is 5.56 Å². The van der Waals surface area contributed by atoms with Gasteiger partial charge in [0.25, 0.3) is 0 Å².